The van der Waals surface area contributed by atoms with Crippen LogP contribution in [-0.2, 0) is 4.79 Å². The molecule has 0 saturated carbocycles. The summed E-state index contributed by atoms with van der Waals surface area (Å²) < 4.78 is 0. The number of carbonyl (C=O) groups excluding carboxylic acids is 2. The van der Waals surface area contributed by atoms with Crippen molar-refractivity contribution in [1.29, 1.82) is 0 Å². The van der Waals surface area contributed by atoms with Gasteiger partial charge in [0.25, 0.3) is 5.91 Å². The Kier molecular flexibility index (Phi) is 4.59. The highest BCUT2D eigenvalue weighted by Crippen LogP contribution is 2.24. The third-order valence-electron chi connectivity index (χ3n) is 5.14. The molecule has 4 rings (SSSR count). The summed E-state index contributed by atoms with van der Waals surface area (Å²) in [4.78, 5) is 31.7. The van der Waals surface area contributed by atoms with Crippen molar-refractivity contribution in [2.24, 2.45) is 0 Å². The van der Waals surface area contributed by atoms with Crippen LogP contribution >= 0.6 is 0 Å². The summed E-state index contributed by atoms with van der Waals surface area (Å²) in [6.07, 6.45) is 0.306. The summed E-state index contributed by atoms with van der Waals surface area (Å²) in [5.74, 6) is -0.134. The molecule has 0 aliphatic carbocycles. The number of nitrogens with one attached hydrogen (secondary N) is 1. The molecule has 0 radical (unpaired) electrons. The zero-order valence-corrected chi connectivity index (χ0v) is 16.3. The first-order valence-electron chi connectivity index (χ1n) is 9.46. The van der Waals surface area contributed by atoms with Gasteiger partial charge in [0.15, 0.2) is 0 Å². The van der Waals surface area contributed by atoms with Crippen LogP contribution in [-0.4, -0.2) is 29.4 Å². The average Bonchev–Trinajstić information content (AvgIpc) is 3.02. The van der Waals surface area contributed by atoms with E-state index in [1.807, 2.05) is 69.3 Å². The molecule has 0 bridgehead atoms. The lowest BCUT2D eigenvalue weighted by atomic mass is 10.0. The van der Waals surface area contributed by atoms with Gasteiger partial charge in [-0.25, -0.2) is 0 Å². The monoisotopic (exact) mass is 373 g/mol. The van der Waals surface area contributed by atoms with Gasteiger partial charge in [0.1, 0.15) is 0 Å². The largest absolute Gasteiger partial charge is 0.347 e. The highest BCUT2D eigenvalue weighted by Gasteiger charge is 2.32. The first kappa shape index (κ1) is 18.2. The Morgan fingerprint density at radius 3 is 2.50 bits per heavy atom. The predicted molar refractivity (Wildman–Crippen MR) is 111 cm³/mol. The number of rotatable bonds is 3. The molecule has 28 heavy (non-hydrogen) atoms. The van der Waals surface area contributed by atoms with E-state index in [9.17, 15) is 9.59 Å². The van der Waals surface area contributed by atoms with Crippen molar-refractivity contribution in [3.8, 4) is 0 Å². The molecule has 1 aromatic heterocycles. The molecule has 0 unspecified atom stereocenters. The van der Waals surface area contributed by atoms with Crippen molar-refractivity contribution in [1.82, 2.24) is 10.3 Å². The molecule has 1 atom stereocenters. The number of nitrogens with zero attached hydrogens (tertiary/aromatic N) is 2. The van der Waals surface area contributed by atoms with E-state index in [-0.39, 0.29) is 17.9 Å². The average molecular weight is 373 g/mol. The zero-order valence-electron chi connectivity index (χ0n) is 16.3. The van der Waals surface area contributed by atoms with Crippen molar-refractivity contribution in [3.05, 3.63) is 70.9 Å². The van der Waals surface area contributed by atoms with Crippen molar-refractivity contribution >= 4 is 28.4 Å². The second-order valence-corrected chi connectivity index (χ2v) is 7.55. The summed E-state index contributed by atoms with van der Waals surface area (Å²) >= 11 is 0. The Bertz CT molecular complexity index is 1070. The first-order chi connectivity index (χ1) is 13.4. The molecule has 1 aliphatic heterocycles. The number of anilines is 1. The molecule has 1 aliphatic rings. The number of carbonyl (C=O) groups is 2. The van der Waals surface area contributed by atoms with Gasteiger partial charge in [0, 0.05) is 29.7 Å². The summed E-state index contributed by atoms with van der Waals surface area (Å²) in [6, 6.07) is 15.4. The fraction of sp³-hybridized carbons (Fsp3) is 0.261. The van der Waals surface area contributed by atoms with Gasteiger partial charge in [-0.15, -0.1) is 0 Å². The van der Waals surface area contributed by atoms with Crippen LogP contribution in [0.15, 0.2) is 48.5 Å². The van der Waals surface area contributed by atoms with Crippen molar-refractivity contribution < 1.29 is 9.59 Å². The molecule has 5 nitrogen and oxygen atoms in total. The summed E-state index contributed by atoms with van der Waals surface area (Å²) in [6.45, 7) is 6.38. The summed E-state index contributed by atoms with van der Waals surface area (Å²) in [7, 11) is 0. The Balaban J connectivity index is 1.56. The third kappa shape index (κ3) is 3.48. The van der Waals surface area contributed by atoms with Crippen LogP contribution in [0.4, 0.5) is 5.69 Å². The SMILES string of the molecule is Cc1ccc(N2C[C@@H](NC(=O)c3cc(C)nc4ccc(C)cc34)CC2=O)cc1. The number of aryl methyl sites for hydroxylation is 3. The third-order valence-corrected chi connectivity index (χ3v) is 5.14. The van der Waals surface area contributed by atoms with Crippen LogP contribution in [0, 0.1) is 20.8 Å². The van der Waals surface area contributed by atoms with Crippen molar-refractivity contribution in [2.45, 2.75) is 33.2 Å². The molecule has 0 spiro atoms. The Hall–Kier alpha value is -3.21. The van der Waals surface area contributed by atoms with Gasteiger partial charge in [-0.2, -0.15) is 0 Å². The van der Waals surface area contributed by atoms with Crippen LogP contribution < -0.4 is 10.2 Å². The fourth-order valence-electron chi connectivity index (χ4n) is 3.70. The van der Waals surface area contributed by atoms with Crippen LogP contribution in [0.3, 0.4) is 0 Å². The molecule has 1 fully saturated rings. The molecule has 2 aromatic carbocycles. The molecule has 2 heterocycles. The lowest BCUT2D eigenvalue weighted by Gasteiger charge is -2.18. The summed E-state index contributed by atoms with van der Waals surface area (Å²) in [5, 5.41) is 3.88. The highest BCUT2D eigenvalue weighted by molar-refractivity contribution is 6.07. The molecular weight excluding hydrogens is 350 g/mol. The number of amides is 2. The normalized spacial score (nSPS) is 16.6. The summed E-state index contributed by atoms with van der Waals surface area (Å²) in [5.41, 5.74) is 5.30. The number of hydrogen-bond acceptors (Lipinski definition) is 3. The van der Waals surface area contributed by atoms with Gasteiger partial charge in [-0.1, -0.05) is 29.3 Å². The maximum absolute atomic E-state index is 13.0. The smallest absolute Gasteiger partial charge is 0.252 e. The Labute approximate surface area is 164 Å². The molecule has 1 N–H and O–H groups in total. The lowest BCUT2D eigenvalue weighted by Crippen LogP contribution is -2.37. The minimum absolute atomic E-state index is 0.0285. The van der Waals surface area contributed by atoms with Crippen LogP contribution in [0.5, 0.6) is 0 Å². The van der Waals surface area contributed by atoms with Gasteiger partial charge >= 0.3 is 0 Å². The van der Waals surface area contributed by atoms with Crippen LogP contribution in [0.1, 0.15) is 33.6 Å². The van der Waals surface area contributed by atoms with Gasteiger partial charge in [0.05, 0.1) is 17.1 Å². The van der Waals surface area contributed by atoms with Crippen LogP contribution in [0.25, 0.3) is 10.9 Å². The van der Waals surface area contributed by atoms with E-state index in [0.717, 1.165) is 33.4 Å². The second kappa shape index (κ2) is 7.08. The van der Waals surface area contributed by atoms with Gasteiger partial charge < -0.3 is 10.2 Å². The van der Waals surface area contributed by atoms with Gasteiger partial charge in [-0.3, -0.25) is 14.6 Å². The Morgan fingerprint density at radius 2 is 1.75 bits per heavy atom. The number of aromatic nitrogens is 1. The van der Waals surface area contributed by atoms with E-state index in [4.69, 9.17) is 0 Å². The molecule has 142 valence electrons. The topological polar surface area (TPSA) is 62.3 Å². The zero-order chi connectivity index (χ0) is 19.8. The highest BCUT2D eigenvalue weighted by atomic mass is 16.2. The van der Waals surface area contributed by atoms with Crippen molar-refractivity contribution in [3.63, 3.8) is 0 Å². The lowest BCUT2D eigenvalue weighted by molar-refractivity contribution is -0.117. The minimum atomic E-state index is -0.213. The minimum Gasteiger partial charge on any atom is -0.347 e. The molecule has 2 amide bonds. The van der Waals surface area contributed by atoms with E-state index in [2.05, 4.69) is 10.3 Å². The number of benzene rings is 2. The standard InChI is InChI=1S/C23H23N3O2/c1-14-4-7-18(8-5-14)26-13-17(12-22(26)27)25-23(28)20-11-16(3)24-21-9-6-15(2)10-19(20)21/h4-11,17H,12-13H2,1-3H3,(H,25,28)/t17-/m0/s1. The molecule has 3 aromatic rings. The van der Waals surface area contributed by atoms with Crippen LogP contribution in [0.2, 0.25) is 0 Å². The molecule has 5 heteroatoms. The number of fused-ring (bicyclic) bond motifs is 1. The fourth-order valence-corrected chi connectivity index (χ4v) is 3.70. The maximum Gasteiger partial charge on any atom is 0.252 e. The van der Waals surface area contributed by atoms with E-state index in [0.29, 0.717) is 18.5 Å². The Morgan fingerprint density at radius 1 is 1.04 bits per heavy atom. The quantitative estimate of drug-likeness (QED) is 0.761. The van der Waals surface area contributed by atoms with Gasteiger partial charge in [-0.05, 0) is 51.1 Å². The first-order valence-corrected chi connectivity index (χ1v) is 9.46. The molecule has 1 saturated heterocycles. The second-order valence-electron chi connectivity index (χ2n) is 7.55. The maximum atomic E-state index is 13.0. The van der Waals surface area contributed by atoms with E-state index in [1.165, 1.54) is 0 Å². The van der Waals surface area contributed by atoms with Crippen molar-refractivity contribution in [2.75, 3.05) is 11.4 Å². The predicted octanol–water partition coefficient (Wildman–Crippen LogP) is 3.70. The molecular formula is C23H23N3O2. The van der Waals surface area contributed by atoms with Gasteiger partial charge in [0.2, 0.25) is 5.91 Å². The van der Waals surface area contributed by atoms with E-state index < -0.39 is 0 Å². The number of hydrogen-bond donors (Lipinski definition) is 1. The number of pyridine rings is 1. The van der Waals surface area contributed by atoms with E-state index in [1.54, 1.807) is 4.90 Å². The van der Waals surface area contributed by atoms with E-state index >= 15 is 0 Å².